The molecular formula is C13H10Cl2N2O3. The van der Waals surface area contributed by atoms with E-state index in [1.807, 2.05) is 0 Å². The lowest BCUT2D eigenvalue weighted by Crippen LogP contribution is -2.24. The summed E-state index contributed by atoms with van der Waals surface area (Å²) in [6.45, 7) is -0.211. The third-order valence-corrected chi connectivity index (χ3v) is 2.71. The molecule has 20 heavy (non-hydrogen) atoms. The Morgan fingerprint density at radius 2 is 2.25 bits per heavy atom. The zero-order valence-electron chi connectivity index (χ0n) is 10.2. The van der Waals surface area contributed by atoms with E-state index in [0.29, 0.717) is 21.6 Å². The van der Waals surface area contributed by atoms with Crippen LogP contribution >= 0.6 is 23.2 Å². The third-order valence-electron chi connectivity index (χ3n) is 2.18. The fourth-order valence-corrected chi connectivity index (χ4v) is 1.76. The first kappa shape index (κ1) is 14.4. The van der Waals surface area contributed by atoms with Crippen molar-refractivity contribution < 1.29 is 13.9 Å². The zero-order chi connectivity index (χ0) is 14.4. The van der Waals surface area contributed by atoms with E-state index in [0.717, 1.165) is 0 Å². The van der Waals surface area contributed by atoms with Crippen molar-refractivity contribution in [1.82, 2.24) is 5.43 Å². The highest BCUT2D eigenvalue weighted by Gasteiger charge is 2.05. The van der Waals surface area contributed by atoms with Gasteiger partial charge in [-0.25, -0.2) is 5.43 Å². The largest absolute Gasteiger partial charge is 0.482 e. The summed E-state index contributed by atoms with van der Waals surface area (Å²) < 4.78 is 10.3. The molecule has 7 heteroatoms. The minimum atomic E-state index is -0.418. The van der Waals surface area contributed by atoms with Crippen LogP contribution in [-0.4, -0.2) is 18.7 Å². The summed E-state index contributed by atoms with van der Waals surface area (Å²) in [5.74, 6) is 0.493. The molecule has 0 aliphatic carbocycles. The summed E-state index contributed by atoms with van der Waals surface area (Å²) in [5.41, 5.74) is 2.30. The van der Waals surface area contributed by atoms with Crippen LogP contribution in [0.5, 0.6) is 5.75 Å². The first-order valence-electron chi connectivity index (χ1n) is 5.58. The molecule has 0 fully saturated rings. The maximum Gasteiger partial charge on any atom is 0.277 e. The van der Waals surface area contributed by atoms with Crippen LogP contribution in [0, 0.1) is 0 Å². The molecule has 0 aliphatic rings. The molecule has 0 saturated heterocycles. The number of ether oxygens (including phenoxy) is 1. The number of halogens is 2. The second-order valence-corrected chi connectivity index (χ2v) is 4.52. The lowest BCUT2D eigenvalue weighted by Gasteiger charge is -2.06. The van der Waals surface area contributed by atoms with E-state index in [1.165, 1.54) is 18.5 Å². The summed E-state index contributed by atoms with van der Waals surface area (Å²) in [7, 11) is 0. The van der Waals surface area contributed by atoms with Gasteiger partial charge in [0.05, 0.1) is 17.5 Å². The SMILES string of the molecule is O=C(COc1ccc(Cl)cc1Cl)N/N=C\c1ccco1. The number of hydrazone groups is 1. The number of furan rings is 1. The van der Waals surface area contributed by atoms with Crippen molar-refractivity contribution >= 4 is 35.3 Å². The van der Waals surface area contributed by atoms with E-state index in [4.69, 9.17) is 32.4 Å². The summed E-state index contributed by atoms with van der Waals surface area (Å²) in [5, 5.41) is 4.54. The van der Waals surface area contributed by atoms with Crippen LogP contribution in [0.4, 0.5) is 0 Å². The molecule has 1 N–H and O–H groups in total. The lowest BCUT2D eigenvalue weighted by molar-refractivity contribution is -0.123. The molecule has 104 valence electrons. The molecule has 0 spiro atoms. The Kier molecular flexibility index (Phi) is 5.03. The third kappa shape index (κ3) is 4.29. The van der Waals surface area contributed by atoms with Crippen LogP contribution in [-0.2, 0) is 4.79 Å². The van der Waals surface area contributed by atoms with Crippen LogP contribution in [0.3, 0.4) is 0 Å². The van der Waals surface area contributed by atoms with Crippen molar-refractivity contribution in [1.29, 1.82) is 0 Å². The molecule has 1 aromatic heterocycles. The molecule has 0 aliphatic heterocycles. The highest BCUT2D eigenvalue weighted by atomic mass is 35.5. The fraction of sp³-hybridized carbons (Fsp3) is 0.0769. The number of benzene rings is 1. The van der Waals surface area contributed by atoms with Crippen molar-refractivity contribution in [3.8, 4) is 5.75 Å². The summed E-state index contributed by atoms with van der Waals surface area (Å²) in [4.78, 5) is 11.5. The van der Waals surface area contributed by atoms with Gasteiger partial charge in [-0.2, -0.15) is 5.10 Å². The van der Waals surface area contributed by atoms with Crippen LogP contribution in [0.2, 0.25) is 10.0 Å². The Bertz CT molecular complexity index is 612. The zero-order valence-corrected chi connectivity index (χ0v) is 11.7. The van der Waals surface area contributed by atoms with Crippen molar-refractivity contribution in [2.45, 2.75) is 0 Å². The Morgan fingerprint density at radius 1 is 1.40 bits per heavy atom. The molecule has 1 aromatic carbocycles. The number of nitrogens with one attached hydrogen (secondary N) is 1. The van der Waals surface area contributed by atoms with Crippen molar-refractivity contribution in [3.05, 3.63) is 52.4 Å². The highest BCUT2D eigenvalue weighted by molar-refractivity contribution is 6.35. The van der Waals surface area contributed by atoms with E-state index < -0.39 is 5.91 Å². The van der Waals surface area contributed by atoms with Gasteiger partial charge in [-0.1, -0.05) is 23.2 Å². The molecule has 0 bridgehead atoms. The van der Waals surface area contributed by atoms with Crippen LogP contribution in [0.1, 0.15) is 5.76 Å². The van der Waals surface area contributed by atoms with Crippen molar-refractivity contribution in [3.63, 3.8) is 0 Å². The summed E-state index contributed by atoms with van der Waals surface area (Å²) >= 11 is 11.7. The highest BCUT2D eigenvalue weighted by Crippen LogP contribution is 2.27. The van der Waals surface area contributed by atoms with Gasteiger partial charge in [0.1, 0.15) is 11.5 Å². The predicted octanol–water partition coefficient (Wildman–Crippen LogP) is 3.12. The molecule has 5 nitrogen and oxygen atoms in total. The van der Waals surface area contributed by atoms with Gasteiger partial charge in [0.25, 0.3) is 5.91 Å². The van der Waals surface area contributed by atoms with Gasteiger partial charge in [-0.15, -0.1) is 0 Å². The quantitative estimate of drug-likeness (QED) is 0.681. The van der Waals surface area contributed by atoms with Crippen molar-refractivity contribution in [2.24, 2.45) is 5.10 Å². The summed E-state index contributed by atoms with van der Waals surface area (Å²) in [6, 6.07) is 8.17. The van der Waals surface area contributed by atoms with E-state index in [1.54, 1.807) is 24.3 Å². The van der Waals surface area contributed by atoms with Crippen molar-refractivity contribution in [2.75, 3.05) is 6.61 Å². The Labute approximate surface area is 125 Å². The minimum absolute atomic E-state index is 0.211. The minimum Gasteiger partial charge on any atom is -0.482 e. The Balaban J connectivity index is 1.80. The first-order valence-corrected chi connectivity index (χ1v) is 6.34. The number of hydrogen-bond acceptors (Lipinski definition) is 4. The molecule has 0 radical (unpaired) electrons. The molecule has 2 rings (SSSR count). The molecule has 0 atom stereocenters. The van der Waals surface area contributed by atoms with Gasteiger partial charge in [0, 0.05) is 5.02 Å². The van der Waals surface area contributed by atoms with E-state index in [9.17, 15) is 4.79 Å². The van der Waals surface area contributed by atoms with E-state index in [-0.39, 0.29) is 6.61 Å². The van der Waals surface area contributed by atoms with Gasteiger partial charge < -0.3 is 9.15 Å². The average Bonchev–Trinajstić information content (AvgIpc) is 2.91. The second-order valence-electron chi connectivity index (χ2n) is 3.67. The number of nitrogens with zero attached hydrogens (tertiary/aromatic N) is 1. The number of rotatable bonds is 5. The Hall–Kier alpha value is -1.98. The predicted molar refractivity (Wildman–Crippen MR) is 76.4 cm³/mol. The molecule has 0 saturated carbocycles. The number of hydrogen-bond donors (Lipinski definition) is 1. The molecule has 1 amide bonds. The van der Waals surface area contributed by atoms with Gasteiger partial charge in [0.2, 0.25) is 0 Å². The van der Waals surface area contributed by atoms with E-state index >= 15 is 0 Å². The van der Waals surface area contributed by atoms with Crippen LogP contribution in [0.25, 0.3) is 0 Å². The average molecular weight is 313 g/mol. The molecular weight excluding hydrogens is 303 g/mol. The number of amides is 1. The Morgan fingerprint density at radius 3 is 2.95 bits per heavy atom. The fourth-order valence-electron chi connectivity index (χ4n) is 1.30. The van der Waals surface area contributed by atoms with Crippen LogP contribution < -0.4 is 10.2 Å². The number of carbonyl (C=O) groups is 1. The monoisotopic (exact) mass is 312 g/mol. The van der Waals surface area contributed by atoms with Crippen LogP contribution in [0.15, 0.2) is 46.1 Å². The van der Waals surface area contributed by atoms with Gasteiger partial charge >= 0.3 is 0 Å². The second kappa shape index (κ2) is 6.98. The molecule has 1 heterocycles. The van der Waals surface area contributed by atoms with Gasteiger partial charge in [-0.05, 0) is 30.3 Å². The van der Waals surface area contributed by atoms with Gasteiger partial charge in [-0.3, -0.25) is 4.79 Å². The van der Waals surface area contributed by atoms with Gasteiger partial charge in [0.15, 0.2) is 6.61 Å². The van der Waals surface area contributed by atoms with E-state index in [2.05, 4.69) is 10.5 Å². The first-order chi connectivity index (χ1) is 9.65. The topological polar surface area (TPSA) is 63.8 Å². The molecule has 0 unspecified atom stereocenters. The standard InChI is InChI=1S/C13H10Cl2N2O3/c14-9-3-4-12(11(15)6-9)20-8-13(18)17-16-7-10-2-1-5-19-10/h1-7H,8H2,(H,17,18)/b16-7-. The normalized spacial score (nSPS) is 10.7. The molecule has 2 aromatic rings. The number of carbonyl (C=O) groups excluding carboxylic acids is 1. The smallest absolute Gasteiger partial charge is 0.277 e. The summed E-state index contributed by atoms with van der Waals surface area (Å²) in [6.07, 6.45) is 2.89. The lowest BCUT2D eigenvalue weighted by atomic mass is 10.3. The maximum absolute atomic E-state index is 11.5. The maximum atomic E-state index is 11.5.